The predicted octanol–water partition coefficient (Wildman–Crippen LogP) is 3.31. The Hall–Kier alpha value is -2.91. The molecule has 6 nitrogen and oxygen atoms in total. The molecule has 0 amide bonds. The minimum atomic E-state index is -4.59. The number of hydrogen-bond donors (Lipinski definition) is 2. The van der Waals surface area contributed by atoms with Crippen molar-refractivity contribution in [1.29, 1.82) is 0 Å². The van der Waals surface area contributed by atoms with Crippen molar-refractivity contribution in [2.45, 2.75) is 6.18 Å². The van der Waals surface area contributed by atoms with Crippen molar-refractivity contribution in [2.24, 2.45) is 7.05 Å². The molecule has 24 heavy (non-hydrogen) atoms. The molecule has 0 bridgehead atoms. The molecule has 0 aliphatic carbocycles. The van der Waals surface area contributed by atoms with Crippen molar-refractivity contribution in [2.75, 3.05) is 17.7 Å². The quantitative estimate of drug-likeness (QED) is 0.716. The van der Waals surface area contributed by atoms with Gasteiger partial charge in [0.15, 0.2) is 0 Å². The van der Waals surface area contributed by atoms with Gasteiger partial charge in [-0.3, -0.25) is 4.68 Å². The summed E-state index contributed by atoms with van der Waals surface area (Å²) in [5.41, 5.74) is -0.308. The second kappa shape index (κ2) is 5.62. The lowest BCUT2D eigenvalue weighted by atomic mass is 10.2. The molecule has 0 aliphatic heterocycles. The van der Waals surface area contributed by atoms with Crippen molar-refractivity contribution in [3.63, 3.8) is 0 Å². The van der Waals surface area contributed by atoms with E-state index in [9.17, 15) is 17.6 Å². The van der Waals surface area contributed by atoms with Crippen LogP contribution in [0.1, 0.15) is 5.56 Å². The number of nitrogens with zero attached hydrogens (tertiary/aromatic N) is 4. The van der Waals surface area contributed by atoms with Crippen LogP contribution in [0.3, 0.4) is 0 Å². The largest absolute Gasteiger partial charge is 0.421 e. The molecule has 3 rings (SSSR count). The van der Waals surface area contributed by atoms with Crippen LogP contribution in [0, 0.1) is 5.82 Å². The fourth-order valence-electron chi connectivity index (χ4n) is 2.28. The van der Waals surface area contributed by atoms with Crippen LogP contribution >= 0.6 is 0 Å². The zero-order chi connectivity index (χ0) is 17.5. The number of nitrogens with one attached hydrogen (secondary N) is 2. The molecule has 2 aromatic heterocycles. The number of benzene rings is 1. The summed E-state index contributed by atoms with van der Waals surface area (Å²) in [6.07, 6.45) is -2.50. The van der Waals surface area contributed by atoms with Gasteiger partial charge < -0.3 is 10.6 Å². The lowest BCUT2D eigenvalue weighted by Crippen LogP contribution is -2.12. The first kappa shape index (κ1) is 16.0. The zero-order valence-corrected chi connectivity index (χ0v) is 12.6. The SMILES string of the molecule is CNc1nc(Nc2c(F)ccc3c2cnn3C)ncc1C(F)(F)F. The summed E-state index contributed by atoms with van der Waals surface area (Å²) in [6, 6.07) is 2.78. The average molecular weight is 340 g/mol. The lowest BCUT2D eigenvalue weighted by Gasteiger charge is -2.13. The van der Waals surface area contributed by atoms with Gasteiger partial charge in [-0.2, -0.15) is 23.3 Å². The van der Waals surface area contributed by atoms with Gasteiger partial charge in [-0.25, -0.2) is 9.37 Å². The summed E-state index contributed by atoms with van der Waals surface area (Å²) < 4.78 is 54.2. The van der Waals surface area contributed by atoms with Crippen LogP contribution in [0.5, 0.6) is 0 Å². The Bertz CT molecular complexity index is 902. The van der Waals surface area contributed by atoms with Gasteiger partial charge in [0.1, 0.15) is 17.2 Å². The molecular weight excluding hydrogens is 328 g/mol. The summed E-state index contributed by atoms with van der Waals surface area (Å²) in [5.74, 6) is -1.16. The Labute approximate surface area is 133 Å². The maximum absolute atomic E-state index is 14.1. The second-order valence-corrected chi connectivity index (χ2v) is 4.95. The molecule has 0 saturated carbocycles. The van der Waals surface area contributed by atoms with Crippen LogP contribution in [-0.2, 0) is 13.2 Å². The van der Waals surface area contributed by atoms with E-state index < -0.39 is 23.4 Å². The summed E-state index contributed by atoms with van der Waals surface area (Å²) in [5, 5.41) is 9.48. The highest BCUT2D eigenvalue weighted by molar-refractivity contribution is 5.93. The topological polar surface area (TPSA) is 67.7 Å². The molecule has 0 unspecified atom stereocenters. The van der Waals surface area contributed by atoms with E-state index in [2.05, 4.69) is 25.7 Å². The number of alkyl halides is 3. The lowest BCUT2D eigenvalue weighted by molar-refractivity contribution is -0.137. The molecule has 0 atom stereocenters. The van der Waals surface area contributed by atoms with Crippen molar-refractivity contribution >= 4 is 28.4 Å². The molecule has 0 fully saturated rings. The molecule has 1 aromatic carbocycles. The smallest absolute Gasteiger partial charge is 0.372 e. The Kier molecular flexibility index (Phi) is 3.74. The van der Waals surface area contributed by atoms with Crippen LogP contribution in [-0.4, -0.2) is 26.8 Å². The summed E-state index contributed by atoms with van der Waals surface area (Å²) in [6.45, 7) is 0. The van der Waals surface area contributed by atoms with E-state index in [-0.39, 0.29) is 11.6 Å². The van der Waals surface area contributed by atoms with E-state index in [1.54, 1.807) is 17.8 Å². The molecule has 2 N–H and O–H groups in total. The number of halogens is 4. The first-order chi connectivity index (χ1) is 11.3. The molecular formula is C14H12F4N6. The van der Waals surface area contributed by atoms with Crippen LogP contribution in [0.2, 0.25) is 0 Å². The van der Waals surface area contributed by atoms with E-state index in [1.165, 1.54) is 19.3 Å². The van der Waals surface area contributed by atoms with Crippen LogP contribution in [0.25, 0.3) is 10.9 Å². The second-order valence-electron chi connectivity index (χ2n) is 4.95. The van der Waals surface area contributed by atoms with Gasteiger partial charge in [0.2, 0.25) is 5.95 Å². The zero-order valence-electron chi connectivity index (χ0n) is 12.6. The summed E-state index contributed by atoms with van der Waals surface area (Å²) in [4.78, 5) is 7.39. The predicted molar refractivity (Wildman–Crippen MR) is 80.5 cm³/mol. The minimum Gasteiger partial charge on any atom is -0.372 e. The number of anilines is 3. The fourth-order valence-corrected chi connectivity index (χ4v) is 2.28. The first-order valence-electron chi connectivity index (χ1n) is 6.80. The Morgan fingerprint density at radius 1 is 1.17 bits per heavy atom. The van der Waals surface area contributed by atoms with Gasteiger partial charge in [0.25, 0.3) is 0 Å². The van der Waals surface area contributed by atoms with Crippen molar-refractivity contribution < 1.29 is 17.6 Å². The summed E-state index contributed by atoms with van der Waals surface area (Å²) >= 11 is 0. The van der Waals surface area contributed by atoms with E-state index in [0.29, 0.717) is 17.1 Å². The highest BCUT2D eigenvalue weighted by Crippen LogP contribution is 2.34. The highest BCUT2D eigenvalue weighted by atomic mass is 19.4. The Morgan fingerprint density at radius 3 is 2.58 bits per heavy atom. The number of fused-ring (bicyclic) bond motifs is 1. The molecule has 0 saturated heterocycles. The molecule has 2 heterocycles. The monoisotopic (exact) mass is 340 g/mol. The van der Waals surface area contributed by atoms with Crippen LogP contribution in [0.4, 0.5) is 35.0 Å². The Balaban J connectivity index is 2.05. The molecule has 10 heteroatoms. The molecule has 0 aliphatic rings. The fraction of sp³-hybridized carbons (Fsp3) is 0.214. The van der Waals surface area contributed by atoms with E-state index in [1.807, 2.05) is 0 Å². The molecule has 126 valence electrons. The van der Waals surface area contributed by atoms with Gasteiger partial charge in [0.05, 0.1) is 17.4 Å². The van der Waals surface area contributed by atoms with Gasteiger partial charge in [-0.1, -0.05) is 0 Å². The average Bonchev–Trinajstić information content (AvgIpc) is 2.90. The van der Waals surface area contributed by atoms with Crippen molar-refractivity contribution in [3.8, 4) is 0 Å². The normalized spacial score (nSPS) is 11.8. The van der Waals surface area contributed by atoms with Crippen LogP contribution in [0.15, 0.2) is 24.5 Å². The Morgan fingerprint density at radius 2 is 1.92 bits per heavy atom. The van der Waals surface area contributed by atoms with Gasteiger partial charge in [-0.15, -0.1) is 0 Å². The highest BCUT2D eigenvalue weighted by Gasteiger charge is 2.35. The third-order valence-corrected chi connectivity index (χ3v) is 3.45. The maximum atomic E-state index is 14.1. The van der Waals surface area contributed by atoms with E-state index >= 15 is 0 Å². The van der Waals surface area contributed by atoms with Gasteiger partial charge in [-0.05, 0) is 12.1 Å². The van der Waals surface area contributed by atoms with Crippen molar-refractivity contribution in [1.82, 2.24) is 19.7 Å². The summed E-state index contributed by atoms with van der Waals surface area (Å²) in [7, 11) is 3.00. The molecule has 0 radical (unpaired) electrons. The first-order valence-corrected chi connectivity index (χ1v) is 6.80. The maximum Gasteiger partial charge on any atom is 0.421 e. The third kappa shape index (κ3) is 2.70. The number of hydrogen-bond acceptors (Lipinski definition) is 5. The van der Waals surface area contributed by atoms with Gasteiger partial charge >= 0.3 is 6.18 Å². The number of aromatic nitrogens is 4. The standard InChI is InChI=1S/C14H12F4N6/c1-19-12-8(14(16,17)18)6-20-13(23-12)22-11-7-5-21-24(2)10(7)4-3-9(11)15/h3-6H,1-2H3,(H2,19,20,22,23). The minimum absolute atomic E-state index is 0.0439. The van der Waals surface area contributed by atoms with Gasteiger partial charge in [0, 0.05) is 25.7 Å². The van der Waals surface area contributed by atoms with Crippen LogP contribution < -0.4 is 10.6 Å². The number of aryl methyl sites for hydroxylation is 1. The molecule has 0 spiro atoms. The molecule has 3 aromatic rings. The third-order valence-electron chi connectivity index (χ3n) is 3.45. The van der Waals surface area contributed by atoms with E-state index in [4.69, 9.17) is 0 Å². The number of rotatable bonds is 3. The van der Waals surface area contributed by atoms with E-state index in [0.717, 1.165) is 0 Å². The van der Waals surface area contributed by atoms with Crippen molar-refractivity contribution in [3.05, 3.63) is 35.9 Å².